The molecule has 1 N–H and O–H groups in total. The minimum atomic E-state index is -3.85. The molecule has 1 aliphatic heterocycles. The van der Waals surface area contributed by atoms with Crippen molar-refractivity contribution in [3.8, 4) is 11.5 Å². The Labute approximate surface area is 119 Å². The largest absolute Gasteiger partial charge is 0.478 e. The van der Waals surface area contributed by atoms with Gasteiger partial charge in [-0.25, -0.2) is 13.2 Å². The fraction of sp³-hybridized carbons (Fsp3) is 0. The predicted octanol–water partition coefficient (Wildman–Crippen LogP) is 2.98. The number of aromatic carboxylic acids is 1. The number of carboxylic acids is 1. The van der Waals surface area contributed by atoms with E-state index in [4.69, 9.17) is 21.4 Å². The SMILES string of the molecule is O=C(O)c1ccc2c(c1)S(=O)(=O)c1cc(Cl)ccc1O2. The van der Waals surface area contributed by atoms with Crippen LogP contribution in [0.5, 0.6) is 11.5 Å². The first-order valence-corrected chi connectivity index (χ1v) is 7.35. The van der Waals surface area contributed by atoms with Crippen molar-refractivity contribution >= 4 is 27.4 Å². The normalized spacial score (nSPS) is 14.8. The van der Waals surface area contributed by atoms with E-state index >= 15 is 0 Å². The minimum absolute atomic E-state index is 0.0694. The van der Waals surface area contributed by atoms with Crippen LogP contribution in [0.2, 0.25) is 5.02 Å². The molecule has 2 aromatic carbocycles. The van der Waals surface area contributed by atoms with Crippen LogP contribution in [0.1, 0.15) is 10.4 Å². The summed E-state index contributed by atoms with van der Waals surface area (Å²) in [7, 11) is -3.85. The van der Waals surface area contributed by atoms with Crippen molar-refractivity contribution in [1.29, 1.82) is 0 Å². The van der Waals surface area contributed by atoms with Crippen molar-refractivity contribution in [3.05, 3.63) is 47.0 Å². The lowest BCUT2D eigenvalue weighted by atomic mass is 10.2. The van der Waals surface area contributed by atoms with Gasteiger partial charge < -0.3 is 9.84 Å². The molecule has 0 aromatic heterocycles. The Balaban J connectivity index is 2.29. The molecule has 102 valence electrons. The number of carboxylic acid groups (broad SMARTS) is 1. The first-order valence-electron chi connectivity index (χ1n) is 5.49. The fourth-order valence-corrected chi connectivity index (χ4v) is 3.74. The summed E-state index contributed by atoms with van der Waals surface area (Å²) in [6, 6.07) is 7.96. The number of sulfone groups is 1. The van der Waals surface area contributed by atoms with Gasteiger partial charge in [0.05, 0.1) is 5.56 Å². The third kappa shape index (κ3) is 1.85. The van der Waals surface area contributed by atoms with Crippen LogP contribution in [0.4, 0.5) is 0 Å². The van der Waals surface area contributed by atoms with Crippen molar-refractivity contribution < 1.29 is 23.1 Å². The Morgan fingerprint density at radius 3 is 2.30 bits per heavy atom. The molecule has 20 heavy (non-hydrogen) atoms. The number of fused-ring (bicyclic) bond motifs is 2. The van der Waals surface area contributed by atoms with Gasteiger partial charge in [0.25, 0.3) is 0 Å². The second-order valence-corrected chi connectivity index (χ2v) is 6.49. The van der Waals surface area contributed by atoms with Crippen molar-refractivity contribution in [3.63, 3.8) is 0 Å². The predicted molar refractivity (Wildman–Crippen MR) is 70.4 cm³/mol. The Hall–Kier alpha value is -2.05. The van der Waals surface area contributed by atoms with Crippen LogP contribution in [-0.4, -0.2) is 19.5 Å². The lowest BCUT2D eigenvalue weighted by Gasteiger charge is -2.20. The summed E-state index contributed by atoms with van der Waals surface area (Å²) in [4.78, 5) is 10.7. The molecular weight excluding hydrogens is 304 g/mol. The smallest absolute Gasteiger partial charge is 0.335 e. The van der Waals surface area contributed by atoms with Gasteiger partial charge in [0.1, 0.15) is 21.3 Å². The van der Waals surface area contributed by atoms with Gasteiger partial charge in [-0.1, -0.05) is 11.6 Å². The van der Waals surface area contributed by atoms with Crippen LogP contribution in [0.15, 0.2) is 46.2 Å². The van der Waals surface area contributed by atoms with E-state index in [0.717, 1.165) is 6.07 Å². The van der Waals surface area contributed by atoms with Gasteiger partial charge in [-0.15, -0.1) is 0 Å². The van der Waals surface area contributed by atoms with E-state index in [0.29, 0.717) is 0 Å². The average molecular weight is 311 g/mol. The molecular formula is C13H7ClO5S. The molecule has 0 saturated heterocycles. The molecule has 7 heteroatoms. The number of benzene rings is 2. The van der Waals surface area contributed by atoms with Crippen LogP contribution < -0.4 is 4.74 Å². The van der Waals surface area contributed by atoms with E-state index in [2.05, 4.69) is 0 Å². The third-order valence-corrected chi connectivity index (χ3v) is 4.93. The van der Waals surface area contributed by atoms with Crippen LogP contribution in [0, 0.1) is 0 Å². The Morgan fingerprint density at radius 1 is 1.05 bits per heavy atom. The highest BCUT2D eigenvalue weighted by Crippen LogP contribution is 2.43. The van der Waals surface area contributed by atoms with Crippen LogP contribution in [-0.2, 0) is 9.84 Å². The number of halogens is 1. The molecule has 0 amide bonds. The van der Waals surface area contributed by atoms with Gasteiger partial charge in [0.15, 0.2) is 0 Å². The number of carbonyl (C=O) groups is 1. The van der Waals surface area contributed by atoms with E-state index in [1.54, 1.807) is 0 Å². The molecule has 0 unspecified atom stereocenters. The summed E-state index contributed by atoms with van der Waals surface area (Å²) in [5.41, 5.74) is -0.124. The highest BCUT2D eigenvalue weighted by Gasteiger charge is 2.32. The molecule has 5 nitrogen and oxygen atoms in total. The molecule has 0 aliphatic carbocycles. The molecule has 2 aromatic rings. The summed E-state index contributed by atoms with van der Waals surface area (Å²) < 4.78 is 30.5. The zero-order chi connectivity index (χ0) is 14.5. The first-order chi connectivity index (χ1) is 9.39. The van der Waals surface area contributed by atoms with Gasteiger partial charge >= 0.3 is 5.97 Å². The van der Waals surface area contributed by atoms with Gasteiger partial charge in [-0.2, -0.15) is 0 Å². The maximum absolute atomic E-state index is 12.5. The van der Waals surface area contributed by atoms with Gasteiger partial charge in [-0.05, 0) is 36.4 Å². The van der Waals surface area contributed by atoms with E-state index in [1.807, 2.05) is 0 Å². The van der Waals surface area contributed by atoms with E-state index in [9.17, 15) is 13.2 Å². The maximum Gasteiger partial charge on any atom is 0.335 e. The summed E-state index contributed by atoms with van der Waals surface area (Å²) in [6.45, 7) is 0. The average Bonchev–Trinajstić information content (AvgIpc) is 2.39. The maximum atomic E-state index is 12.5. The monoisotopic (exact) mass is 310 g/mol. The van der Waals surface area contributed by atoms with Gasteiger partial charge in [-0.3, -0.25) is 0 Å². The van der Waals surface area contributed by atoms with Gasteiger partial charge in [0.2, 0.25) is 9.84 Å². The highest BCUT2D eigenvalue weighted by molar-refractivity contribution is 7.91. The topological polar surface area (TPSA) is 80.7 Å². The zero-order valence-corrected chi connectivity index (χ0v) is 11.4. The Bertz CT molecular complexity index is 842. The Morgan fingerprint density at radius 2 is 1.65 bits per heavy atom. The van der Waals surface area contributed by atoms with Crippen molar-refractivity contribution in [1.82, 2.24) is 0 Å². The molecule has 1 heterocycles. The molecule has 1 aliphatic rings. The third-order valence-electron chi connectivity index (χ3n) is 2.90. The Kier molecular flexibility index (Phi) is 2.74. The fourth-order valence-electron chi connectivity index (χ4n) is 1.95. The number of hydrogen-bond acceptors (Lipinski definition) is 4. The quantitative estimate of drug-likeness (QED) is 0.747. The molecule has 0 radical (unpaired) electrons. The van der Waals surface area contributed by atoms with Crippen molar-refractivity contribution in [2.24, 2.45) is 0 Å². The zero-order valence-electron chi connectivity index (χ0n) is 9.83. The number of rotatable bonds is 1. The molecule has 0 saturated carbocycles. The van der Waals surface area contributed by atoms with Crippen LogP contribution in [0.3, 0.4) is 0 Å². The lowest BCUT2D eigenvalue weighted by Crippen LogP contribution is -2.12. The molecule has 3 rings (SSSR count). The summed E-state index contributed by atoms with van der Waals surface area (Å²) in [5.74, 6) is -0.935. The van der Waals surface area contributed by atoms with Crippen molar-refractivity contribution in [2.75, 3.05) is 0 Å². The molecule has 0 spiro atoms. The summed E-state index contributed by atoms with van der Waals surface area (Å²) in [5, 5.41) is 9.20. The molecule has 0 bridgehead atoms. The van der Waals surface area contributed by atoms with Crippen LogP contribution >= 0.6 is 11.6 Å². The number of hydrogen-bond donors (Lipinski definition) is 1. The standard InChI is InChI=1S/C13H7ClO5S/c14-8-2-4-10-12(6-8)20(17,18)11-5-7(13(15)16)1-3-9(11)19-10/h1-6H,(H,15,16). The number of ether oxygens (including phenoxy) is 1. The summed E-state index contributed by atoms with van der Waals surface area (Å²) in [6.07, 6.45) is 0. The van der Waals surface area contributed by atoms with Crippen molar-refractivity contribution in [2.45, 2.75) is 9.79 Å². The highest BCUT2D eigenvalue weighted by atomic mass is 35.5. The van der Waals surface area contributed by atoms with E-state index in [1.165, 1.54) is 30.3 Å². The minimum Gasteiger partial charge on any atom is -0.478 e. The first kappa shape index (κ1) is 13.0. The lowest BCUT2D eigenvalue weighted by molar-refractivity contribution is 0.0696. The van der Waals surface area contributed by atoms with Gasteiger partial charge in [0, 0.05) is 5.02 Å². The molecule has 0 atom stereocenters. The second-order valence-electron chi connectivity index (χ2n) is 4.16. The van der Waals surface area contributed by atoms with E-state index < -0.39 is 15.8 Å². The van der Waals surface area contributed by atoms with Crippen LogP contribution in [0.25, 0.3) is 0 Å². The summed E-state index contributed by atoms with van der Waals surface area (Å²) >= 11 is 5.80. The second kappa shape index (κ2) is 4.22. The molecule has 0 fully saturated rings. The van der Waals surface area contributed by atoms with E-state index in [-0.39, 0.29) is 31.9 Å².